The molecular weight excluding hydrogens is 290 g/mol. The Morgan fingerprint density at radius 2 is 2.00 bits per heavy atom. The van der Waals surface area contributed by atoms with Crippen molar-refractivity contribution in [2.75, 3.05) is 0 Å². The Kier molecular flexibility index (Phi) is 2.80. The molecule has 0 aliphatic rings. The summed E-state index contributed by atoms with van der Waals surface area (Å²) in [5.41, 5.74) is 1.99. The van der Waals surface area contributed by atoms with Gasteiger partial charge >= 0.3 is 0 Å². The van der Waals surface area contributed by atoms with Crippen LogP contribution < -0.4 is 0 Å². The maximum absolute atomic E-state index is 4.49. The number of halogens is 1. The third kappa shape index (κ3) is 1.99. The van der Waals surface area contributed by atoms with Gasteiger partial charge in [-0.1, -0.05) is 18.2 Å². The van der Waals surface area contributed by atoms with Crippen molar-refractivity contribution < 1.29 is 0 Å². The summed E-state index contributed by atoms with van der Waals surface area (Å²) in [5.74, 6) is 0.750. The van der Waals surface area contributed by atoms with Crippen molar-refractivity contribution in [2.45, 2.75) is 6.92 Å². The van der Waals surface area contributed by atoms with Gasteiger partial charge in [-0.3, -0.25) is 4.98 Å². The van der Waals surface area contributed by atoms with E-state index in [0.717, 1.165) is 32.5 Å². The molecule has 0 saturated heterocycles. The number of hydrogen-bond donors (Lipinski definition) is 0. The third-order valence-corrected chi connectivity index (χ3v) is 3.17. The van der Waals surface area contributed by atoms with E-state index in [1.54, 1.807) is 6.20 Å². The summed E-state index contributed by atoms with van der Waals surface area (Å²) in [6.45, 7) is 1.89. The summed E-state index contributed by atoms with van der Waals surface area (Å²) in [7, 11) is 0. The van der Waals surface area contributed by atoms with E-state index in [1.165, 1.54) is 0 Å². The fourth-order valence-electron chi connectivity index (χ4n) is 2.01. The second-order valence-corrected chi connectivity index (χ2v) is 4.84. The van der Waals surface area contributed by atoms with Crippen LogP contribution in [0, 0.1) is 6.92 Å². The van der Waals surface area contributed by atoms with E-state index in [1.807, 2.05) is 31.3 Å². The van der Waals surface area contributed by atoms with Crippen LogP contribution in [0.2, 0.25) is 0 Å². The second kappa shape index (κ2) is 4.46. The Labute approximate surface area is 113 Å². The number of fused-ring (bicyclic) bond motifs is 1. The molecule has 2 aromatic heterocycles. The van der Waals surface area contributed by atoms with Gasteiger partial charge in [0, 0.05) is 23.3 Å². The van der Waals surface area contributed by atoms with Crippen LogP contribution in [0.3, 0.4) is 0 Å². The van der Waals surface area contributed by atoms with E-state index >= 15 is 0 Å². The van der Waals surface area contributed by atoms with Gasteiger partial charge in [-0.2, -0.15) is 0 Å². The van der Waals surface area contributed by atoms with E-state index in [9.17, 15) is 0 Å². The quantitative estimate of drug-likeness (QED) is 0.642. The minimum Gasteiger partial charge on any atom is -0.264 e. The molecule has 0 radical (unpaired) electrons. The molecule has 0 atom stereocenters. The van der Waals surface area contributed by atoms with Crippen molar-refractivity contribution in [2.24, 2.45) is 0 Å². The summed E-state index contributed by atoms with van der Waals surface area (Å²) >= 11 is 3.41. The molecule has 0 amide bonds. The Balaban J connectivity index is 2.31. The van der Waals surface area contributed by atoms with Crippen LogP contribution in [-0.2, 0) is 0 Å². The van der Waals surface area contributed by atoms with Gasteiger partial charge in [0.1, 0.15) is 10.4 Å². The fraction of sp³-hybridized carbons (Fsp3) is 0.0714. The molecule has 3 nitrogen and oxygen atoms in total. The lowest BCUT2D eigenvalue weighted by atomic mass is 10.0. The molecule has 2 heterocycles. The van der Waals surface area contributed by atoms with E-state index < -0.39 is 0 Å². The summed E-state index contributed by atoms with van der Waals surface area (Å²) in [6.07, 6.45) is 3.67. The normalized spacial score (nSPS) is 10.8. The first-order chi connectivity index (χ1) is 8.74. The SMILES string of the molecule is Cc1nc(Br)cc(-c2cccc3ccncc23)n1. The number of benzene rings is 1. The van der Waals surface area contributed by atoms with E-state index in [-0.39, 0.29) is 0 Å². The van der Waals surface area contributed by atoms with Crippen LogP contribution in [-0.4, -0.2) is 15.0 Å². The molecular formula is C14H10BrN3. The van der Waals surface area contributed by atoms with E-state index in [0.29, 0.717) is 0 Å². The van der Waals surface area contributed by atoms with Crippen molar-refractivity contribution >= 4 is 26.7 Å². The molecule has 3 rings (SSSR count). The van der Waals surface area contributed by atoms with Gasteiger partial charge in [-0.05, 0) is 40.4 Å². The van der Waals surface area contributed by atoms with Crippen LogP contribution in [0.4, 0.5) is 0 Å². The third-order valence-electron chi connectivity index (χ3n) is 2.77. The van der Waals surface area contributed by atoms with Crippen molar-refractivity contribution in [3.8, 4) is 11.3 Å². The first-order valence-electron chi connectivity index (χ1n) is 5.58. The lowest BCUT2D eigenvalue weighted by Gasteiger charge is -2.06. The van der Waals surface area contributed by atoms with Crippen molar-refractivity contribution in [1.82, 2.24) is 15.0 Å². The number of rotatable bonds is 1. The molecule has 0 fully saturated rings. The van der Waals surface area contributed by atoms with Crippen LogP contribution in [0.5, 0.6) is 0 Å². The standard InChI is InChI=1S/C14H10BrN3/c1-9-17-13(7-14(15)18-9)11-4-2-3-10-5-6-16-8-12(10)11/h2-8H,1H3. The molecule has 0 spiro atoms. The van der Waals surface area contributed by atoms with Crippen molar-refractivity contribution in [3.63, 3.8) is 0 Å². The van der Waals surface area contributed by atoms with Gasteiger partial charge in [0.15, 0.2) is 0 Å². The van der Waals surface area contributed by atoms with Gasteiger partial charge in [0.25, 0.3) is 0 Å². The average molecular weight is 300 g/mol. The maximum atomic E-state index is 4.49. The Hall–Kier alpha value is -1.81. The van der Waals surface area contributed by atoms with Crippen LogP contribution in [0.25, 0.3) is 22.0 Å². The lowest BCUT2D eigenvalue weighted by molar-refractivity contribution is 1.04. The first kappa shape index (κ1) is 11.3. The van der Waals surface area contributed by atoms with Gasteiger partial charge in [0.2, 0.25) is 0 Å². The molecule has 18 heavy (non-hydrogen) atoms. The minimum absolute atomic E-state index is 0.750. The zero-order valence-corrected chi connectivity index (χ0v) is 11.3. The van der Waals surface area contributed by atoms with Crippen LogP contribution in [0.1, 0.15) is 5.82 Å². The van der Waals surface area contributed by atoms with Crippen molar-refractivity contribution in [3.05, 3.63) is 53.2 Å². The average Bonchev–Trinajstić information content (AvgIpc) is 2.37. The molecule has 88 valence electrons. The number of aromatic nitrogens is 3. The first-order valence-corrected chi connectivity index (χ1v) is 6.37. The molecule has 3 aromatic rings. The predicted molar refractivity (Wildman–Crippen MR) is 75.2 cm³/mol. The fourth-order valence-corrected chi connectivity index (χ4v) is 2.48. The highest BCUT2D eigenvalue weighted by molar-refractivity contribution is 9.10. The smallest absolute Gasteiger partial charge is 0.127 e. The number of nitrogens with zero attached hydrogens (tertiary/aromatic N) is 3. The topological polar surface area (TPSA) is 38.7 Å². The van der Waals surface area contributed by atoms with Crippen LogP contribution in [0.15, 0.2) is 47.3 Å². The number of pyridine rings is 1. The Bertz CT molecular complexity index is 700. The molecule has 0 saturated carbocycles. The number of aryl methyl sites for hydroxylation is 1. The van der Waals surface area contributed by atoms with Crippen molar-refractivity contribution in [1.29, 1.82) is 0 Å². The van der Waals surface area contributed by atoms with Gasteiger partial charge < -0.3 is 0 Å². The summed E-state index contributed by atoms with van der Waals surface area (Å²) in [6, 6.07) is 10.1. The van der Waals surface area contributed by atoms with Gasteiger partial charge in [-0.25, -0.2) is 9.97 Å². The largest absolute Gasteiger partial charge is 0.264 e. The molecule has 0 bridgehead atoms. The number of hydrogen-bond acceptors (Lipinski definition) is 3. The summed E-state index contributed by atoms with van der Waals surface area (Å²) in [5, 5.41) is 2.26. The lowest BCUT2D eigenvalue weighted by Crippen LogP contribution is -1.92. The zero-order valence-electron chi connectivity index (χ0n) is 9.76. The monoisotopic (exact) mass is 299 g/mol. The highest BCUT2D eigenvalue weighted by Gasteiger charge is 2.07. The van der Waals surface area contributed by atoms with Crippen LogP contribution >= 0.6 is 15.9 Å². The highest BCUT2D eigenvalue weighted by atomic mass is 79.9. The molecule has 0 aliphatic carbocycles. The molecule has 1 aromatic carbocycles. The second-order valence-electron chi connectivity index (χ2n) is 4.03. The summed E-state index contributed by atoms with van der Waals surface area (Å²) in [4.78, 5) is 12.9. The van der Waals surface area contributed by atoms with E-state index in [4.69, 9.17) is 0 Å². The minimum atomic E-state index is 0.750. The van der Waals surface area contributed by atoms with E-state index in [2.05, 4.69) is 43.0 Å². The molecule has 0 aliphatic heterocycles. The highest BCUT2D eigenvalue weighted by Crippen LogP contribution is 2.27. The zero-order chi connectivity index (χ0) is 12.5. The predicted octanol–water partition coefficient (Wildman–Crippen LogP) is 3.76. The maximum Gasteiger partial charge on any atom is 0.127 e. The van der Waals surface area contributed by atoms with Gasteiger partial charge in [-0.15, -0.1) is 0 Å². The Morgan fingerprint density at radius 1 is 1.11 bits per heavy atom. The molecule has 4 heteroatoms. The molecule has 0 unspecified atom stereocenters. The summed E-state index contributed by atoms with van der Waals surface area (Å²) < 4.78 is 0.797. The molecule has 0 N–H and O–H groups in total. The Morgan fingerprint density at radius 3 is 2.83 bits per heavy atom. The van der Waals surface area contributed by atoms with Gasteiger partial charge in [0.05, 0.1) is 5.69 Å².